The first kappa shape index (κ1) is 15.2. The molecule has 3 heteroatoms. The lowest BCUT2D eigenvalue weighted by molar-refractivity contribution is 0.453. The number of benzene rings is 2. The second kappa shape index (κ2) is 6.08. The molecule has 0 spiro atoms. The fourth-order valence-electron chi connectivity index (χ4n) is 2.91. The maximum Gasteiger partial charge on any atom is 0.127 e. The van der Waals surface area contributed by atoms with Gasteiger partial charge in [0.05, 0.1) is 5.56 Å². The Labute approximate surface area is 125 Å². The van der Waals surface area contributed by atoms with Crippen molar-refractivity contribution in [2.45, 2.75) is 40.0 Å². The van der Waals surface area contributed by atoms with E-state index in [1.807, 2.05) is 26.8 Å². The van der Waals surface area contributed by atoms with Gasteiger partial charge in [-0.3, -0.25) is 0 Å². The van der Waals surface area contributed by atoms with Gasteiger partial charge in [-0.2, -0.15) is 0 Å². The molecule has 0 radical (unpaired) electrons. The van der Waals surface area contributed by atoms with E-state index in [1.54, 1.807) is 18.2 Å². The second-order valence-electron chi connectivity index (χ2n) is 5.12. The Bertz CT molecular complexity index is 640. The summed E-state index contributed by atoms with van der Waals surface area (Å²) in [6.07, 6.45) is 2.14. The molecule has 0 amide bonds. The topological polar surface area (TPSA) is 60.7 Å². The van der Waals surface area contributed by atoms with E-state index in [0.717, 1.165) is 28.7 Å². The molecule has 21 heavy (non-hydrogen) atoms. The van der Waals surface area contributed by atoms with Gasteiger partial charge >= 0.3 is 0 Å². The molecule has 0 aliphatic carbocycles. The summed E-state index contributed by atoms with van der Waals surface area (Å²) in [6.45, 7) is 6.00. The largest absolute Gasteiger partial charge is 0.507 e. The molecule has 2 aromatic rings. The fraction of sp³-hybridized carbons (Fsp3) is 0.333. The zero-order valence-electron chi connectivity index (χ0n) is 12.8. The van der Waals surface area contributed by atoms with Crippen LogP contribution in [0.5, 0.6) is 17.2 Å². The van der Waals surface area contributed by atoms with Gasteiger partial charge in [0.2, 0.25) is 0 Å². The first-order valence-electron chi connectivity index (χ1n) is 7.42. The monoisotopic (exact) mass is 286 g/mol. The lowest BCUT2D eigenvalue weighted by Crippen LogP contribution is -2.00. The minimum Gasteiger partial charge on any atom is -0.507 e. The molecule has 0 heterocycles. The zero-order chi connectivity index (χ0) is 15.6. The summed E-state index contributed by atoms with van der Waals surface area (Å²) >= 11 is 0. The van der Waals surface area contributed by atoms with Crippen LogP contribution in [0.3, 0.4) is 0 Å². The van der Waals surface area contributed by atoms with Crippen molar-refractivity contribution < 1.29 is 15.3 Å². The fourth-order valence-corrected chi connectivity index (χ4v) is 2.91. The smallest absolute Gasteiger partial charge is 0.127 e. The summed E-state index contributed by atoms with van der Waals surface area (Å²) < 4.78 is 0. The van der Waals surface area contributed by atoms with Crippen molar-refractivity contribution in [2.24, 2.45) is 0 Å². The number of hydrogen-bond donors (Lipinski definition) is 3. The molecular formula is C18H22O3. The van der Waals surface area contributed by atoms with E-state index in [9.17, 15) is 15.3 Å². The SMILES string of the molecule is CCc1cc(-c2c(O)cccc2O)c(CC)c(CC)c1O. The van der Waals surface area contributed by atoms with Crippen molar-refractivity contribution in [3.63, 3.8) is 0 Å². The molecule has 0 atom stereocenters. The van der Waals surface area contributed by atoms with Crippen LogP contribution in [0, 0.1) is 0 Å². The molecule has 0 bridgehead atoms. The van der Waals surface area contributed by atoms with Crippen LogP contribution in [0.15, 0.2) is 24.3 Å². The van der Waals surface area contributed by atoms with Gasteiger partial charge in [-0.25, -0.2) is 0 Å². The van der Waals surface area contributed by atoms with Crippen LogP contribution in [0.2, 0.25) is 0 Å². The molecule has 3 N–H and O–H groups in total. The maximum absolute atomic E-state index is 10.4. The molecule has 0 aliphatic heterocycles. The Kier molecular flexibility index (Phi) is 4.41. The predicted molar refractivity (Wildman–Crippen MR) is 85.0 cm³/mol. The Morgan fingerprint density at radius 1 is 0.810 bits per heavy atom. The molecule has 2 rings (SSSR count). The van der Waals surface area contributed by atoms with Gasteiger partial charge < -0.3 is 15.3 Å². The molecule has 0 aromatic heterocycles. The molecule has 0 unspecified atom stereocenters. The van der Waals surface area contributed by atoms with E-state index in [-0.39, 0.29) is 11.5 Å². The van der Waals surface area contributed by atoms with E-state index in [4.69, 9.17) is 0 Å². The number of rotatable bonds is 4. The lowest BCUT2D eigenvalue weighted by Gasteiger charge is -2.19. The summed E-state index contributed by atoms with van der Waals surface area (Å²) in [5, 5.41) is 30.7. The number of phenols is 3. The predicted octanol–water partition coefficient (Wildman–Crippen LogP) is 4.16. The van der Waals surface area contributed by atoms with Gasteiger partial charge in [0.15, 0.2) is 0 Å². The summed E-state index contributed by atoms with van der Waals surface area (Å²) in [4.78, 5) is 0. The van der Waals surface area contributed by atoms with Crippen molar-refractivity contribution in [3.8, 4) is 28.4 Å². The highest BCUT2D eigenvalue weighted by Crippen LogP contribution is 2.43. The summed E-state index contributed by atoms with van der Waals surface area (Å²) in [7, 11) is 0. The molecule has 0 fully saturated rings. The number of hydrogen-bond acceptors (Lipinski definition) is 3. The number of aromatic hydroxyl groups is 3. The third kappa shape index (κ3) is 2.56. The molecule has 0 saturated carbocycles. The highest BCUT2D eigenvalue weighted by molar-refractivity contribution is 5.81. The van der Waals surface area contributed by atoms with Gasteiger partial charge in [-0.05, 0) is 59.7 Å². The van der Waals surface area contributed by atoms with E-state index in [1.165, 1.54) is 0 Å². The third-order valence-electron chi connectivity index (χ3n) is 3.98. The van der Waals surface area contributed by atoms with E-state index in [0.29, 0.717) is 24.2 Å². The summed E-state index contributed by atoms with van der Waals surface area (Å²) in [5.41, 5.74) is 3.96. The highest BCUT2D eigenvalue weighted by atomic mass is 16.3. The molecule has 0 saturated heterocycles. The Morgan fingerprint density at radius 2 is 1.38 bits per heavy atom. The van der Waals surface area contributed by atoms with Crippen molar-refractivity contribution >= 4 is 0 Å². The van der Waals surface area contributed by atoms with E-state index in [2.05, 4.69) is 0 Å². The van der Waals surface area contributed by atoms with Gasteiger partial charge in [0, 0.05) is 0 Å². The van der Waals surface area contributed by atoms with Crippen LogP contribution in [0.25, 0.3) is 11.1 Å². The van der Waals surface area contributed by atoms with Crippen LogP contribution >= 0.6 is 0 Å². The van der Waals surface area contributed by atoms with Crippen molar-refractivity contribution in [1.82, 2.24) is 0 Å². The average Bonchev–Trinajstić information content (AvgIpc) is 2.47. The van der Waals surface area contributed by atoms with E-state index < -0.39 is 0 Å². The van der Waals surface area contributed by atoms with Gasteiger partial charge in [0.25, 0.3) is 0 Å². The minimum atomic E-state index is 0.0551. The Hall–Kier alpha value is -2.16. The van der Waals surface area contributed by atoms with Crippen LogP contribution < -0.4 is 0 Å². The van der Waals surface area contributed by atoms with Crippen LogP contribution in [0.1, 0.15) is 37.5 Å². The first-order chi connectivity index (χ1) is 10.0. The quantitative estimate of drug-likeness (QED) is 0.791. The first-order valence-corrected chi connectivity index (χ1v) is 7.42. The molecule has 2 aromatic carbocycles. The van der Waals surface area contributed by atoms with Gasteiger partial charge in [-0.1, -0.05) is 26.8 Å². The molecule has 3 nitrogen and oxygen atoms in total. The molecule has 0 aliphatic rings. The average molecular weight is 286 g/mol. The Morgan fingerprint density at radius 3 is 1.86 bits per heavy atom. The van der Waals surface area contributed by atoms with Crippen molar-refractivity contribution in [3.05, 3.63) is 41.0 Å². The zero-order valence-corrected chi connectivity index (χ0v) is 12.8. The van der Waals surface area contributed by atoms with Crippen LogP contribution in [0.4, 0.5) is 0 Å². The highest BCUT2D eigenvalue weighted by Gasteiger charge is 2.19. The summed E-state index contributed by atoms with van der Waals surface area (Å²) in [5.74, 6) is 0.453. The summed E-state index contributed by atoms with van der Waals surface area (Å²) in [6, 6.07) is 6.63. The number of aryl methyl sites for hydroxylation is 1. The minimum absolute atomic E-state index is 0.0551. The molecule has 112 valence electrons. The van der Waals surface area contributed by atoms with Crippen molar-refractivity contribution in [2.75, 3.05) is 0 Å². The van der Waals surface area contributed by atoms with Gasteiger partial charge in [0.1, 0.15) is 17.2 Å². The maximum atomic E-state index is 10.4. The van der Waals surface area contributed by atoms with Crippen molar-refractivity contribution in [1.29, 1.82) is 0 Å². The number of phenolic OH excluding ortho intramolecular Hbond substituents is 3. The second-order valence-corrected chi connectivity index (χ2v) is 5.12. The molecular weight excluding hydrogens is 264 g/mol. The standard InChI is InChI=1S/C18H22O3/c1-4-11-10-14(12(5-2)13(6-3)18(11)21)17-15(19)8-7-9-16(17)20/h7-10,19-21H,4-6H2,1-3H3. The van der Waals surface area contributed by atoms with Crippen LogP contribution in [-0.4, -0.2) is 15.3 Å². The lowest BCUT2D eigenvalue weighted by atomic mass is 9.88. The third-order valence-corrected chi connectivity index (χ3v) is 3.98. The normalized spacial score (nSPS) is 10.8. The van der Waals surface area contributed by atoms with E-state index >= 15 is 0 Å². The van der Waals surface area contributed by atoms with Gasteiger partial charge in [-0.15, -0.1) is 0 Å². The Balaban J connectivity index is 2.85. The van der Waals surface area contributed by atoms with Crippen LogP contribution in [-0.2, 0) is 19.3 Å².